The SMILES string of the molecule is Cc1ccnc(N2CCC(CN)C2)c1. The summed E-state index contributed by atoms with van der Waals surface area (Å²) < 4.78 is 0. The molecule has 76 valence electrons. The van der Waals surface area contributed by atoms with Crippen molar-refractivity contribution in [2.24, 2.45) is 11.7 Å². The lowest BCUT2D eigenvalue weighted by atomic mass is 10.1. The van der Waals surface area contributed by atoms with Crippen LogP contribution in [0.5, 0.6) is 0 Å². The summed E-state index contributed by atoms with van der Waals surface area (Å²) in [5.41, 5.74) is 6.93. The summed E-state index contributed by atoms with van der Waals surface area (Å²) in [6.07, 6.45) is 3.08. The number of anilines is 1. The number of nitrogens with zero attached hydrogens (tertiary/aromatic N) is 2. The van der Waals surface area contributed by atoms with Gasteiger partial charge >= 0.3 is 0 Å². The number of nitrogens with two attached hydrogens (primary N) is 1. The van der Waals surface area contributed by atoms with Crippen molar-refractivity contribution in [2.45, 2.75) is 13.3 Å². The van der Waals surface area contributed by atoms with Crippen LogP contribution < -0.4 is 10.6 Å². The van der Waals surface area contributed by atoms with Crippen LogP contribution in [0.2, 0.25) is 0 Å². The van der Waals surface area contributed by atoms with Gasteiger partial charge in [0.1, 0.15) is 5.82 Å². The summed E-state index contributed by atoms with van der Waals surface area (Å²) >= 11 is 0. The minimum atomic E-state index is 0.650. The van der Waals surface area contributed by atoms with Crippen LogP contribution in [0.15, 0.2) is 18.3 Å². The molecular weight excluding hydrogens is 174 g/mol. The molecule has 2 rings (SSSR count). The predicted octanol–water partition coefficient (Wildman–Crippen LogP) is 1.18. The maximum Gasteiger partial charge on any atom is 0.128 e. The number of hydrogen-bond acceptors (Lipinski definition) is 3. The zero-order valence-electron chi connectivity index (χ0n) is 8.61. The number of rotatable bonds is 2. The third kappa shape index (κ3) is 1.87. The van der Waals surface area contributed by atoms with Crippen LogP contribution in [0.3, 0.4) is 0 Å². The van der Waals surface area contributed by atoms with Crippen molar-refractivity contribution >= 4 is 5.82 Å². The van der Waals surface area contributed by atoms with E-state index in [2.05, 4.69) is 22.9 Å². The van der Waals surface area contributed by atoms with Gasteiger partial charge in [0.05, 0.1) is 0 Å². The van der Waals surface area contributed by atoms with Crippen molar-refractivity contribution in [3.63, 3.8) is 0 Å². The third-order valence-corrected chi connectivity index (χ3v) is 2.84. The molecule has 0 spiro atoms. The van der Waals surface area contributed by atoms with Gasteiger partial charge < -0.3 is 10.6 Å². The maximum atomic E-state index is 5.66. The molecule has 3 nitrogen and oxygen atoms in total. The van der Waals surface area contributed by atoms with Gasteiger partial charge in [-0.25, -0.2) is 4.98 Å². The molecule has 2 N–H and O–H groups in total. The number of aryl methyl sites for hydroxylation is 1. The molecule has 0 saturated carbocycles. The Morgan fingerprint density at radius 3 is 3.14 bits per heavy atom. The Bertz CT molecular complexity index is 311. The van der Waals surface area contributed by atoms with E-state index in [1.165, 1.54) is 12.0 Å². The van der Waals surface area contributed by atoms with Gasteiger partial charge in [0, 0.05) is 19.3 Å². The molecule has 2 heterocycles. The first-order chi connectivity index (χ1) is 6.79. The topological polar surface area (TPSA) is 42.2 Å². The second-order valence-electron chi connectivity index (χ2n) is 4.03. The lowest BCUT2D eigenvalue weighted by Gasteiger charge is -2.17. The minimum absolute atomic E-state index is 0.650. The van der Waals surface area contributed by atoms with E-state index < -0.39 is 0 Å². The fourth-order valence-electron chi connectivity index (χ4n) is 1.93. The van der Waals surface area contributed by atoms with Gasteiger partial charge in [-0.05, 0) is 43.5 Å². The fraction of sp³-hybridized carbons (Fsp3) is 0.545. The second kappa shape index (κ2) is 3.96. The Kier molecular flexibility index (Phi) is 2.68. The van der Waals surface area contributed by atoms with E-state index >= 15 is 0 Å². The lowest BCUT2D eigenvalue weighted by molar-refractivity contribution is 0.602. The van der Waals surface area contributed by atoms with Crippen molar-refractivity contribution < 1.29 is 0 Å². The highest BCUT2D eigenvalue weighted by molar-refractivity contribution is 5.41. The first-order valence-electron chi connectivity index (χ1n) is 5.17. The molecule has 1 unspecified atom stereocenters. The van der Waals surface area contributed by atoms with Crippen molar-refractivity contribution in [1.82, 2.24) is 4.98 Å². The molecule has 14 heavy (non-hydrogen) atoms. The van der Waals surface area contributed by atoms with E-state index in [0.717, 1.165) is 25.5 Å². The van der Waals surface area contributed by atoms with Crippen LogP contribution in [0.4, 0.5) is 5.82 Å². The summed E-state index contributed by atoms with van der Waals surface area (Å²) in [6.45, 7) is 5.05. The summed E-state index contributed by atoms with van der Waals surface area (Å²) in [6, 6.07) is 4.17. The van der Waals surface area contributed by atoms with Gasteiger partial charge in [-0.3, -0.25) is 0 Å². The molecule has 1 atom stereocenters. The van der Waals surface area contributed by atoms with Crippen LogP contribution in [0, 0.1) is 12.8 Å². The Morgan fingerprint density at radius 1 is 1.64 bits per heavy atom. The first-order valence-corrected chi connectivity index (χ1v) is 5.17. The van der Waals surface area contributed by atoms with E-state index in [1.54, 1.807) is 0 Å². The minimum Gasteiger partial charge on any atom is -0.356 e. The summed E-state index contributed by atoms with van der Waals surface area (Å²) in [7, 11) is 0. The molecule has 1 saturated heterocycles. The highest BCUT2D eigenvalue weighted by atomic mass is 15.2. The molecule has 0 radical (unpaired) electrons. The second-order valence-corrected chi connectivity index (χ2v) is 4.03. The van der Waals surface area contributed by atoms with Crippen LogP contribution >= 0.6 is 0 Å². The van der Waals surface area contributed by atoms with Crippen molar-refractivity contribution in [2.75, 3.05) is 24.5 Å². The quantitative estimate of drug-likeness (QED) is 0.763. The third-order valence-electron chi connectivity index (χ3n) is 2.84. The molecule has 3 heteroatoms. The highest BCUT2D eigenvalue weighted by Gasteiger charge is 2.21. The van der Waals surface area contributed by atoms with Crippen LogP contribution in [-0.4, -0.2) is 24.6 Å². The average molecular weight is 191 g/mol. The van der Waals surface area contributed by atoms with E-state index in [1.807, 2.05) is 12.3 Å². The number of hydrogen-bond donors (Lipinski definition) is 1. The van der Waals surface area contributed by atoms with Crippen molar-refractivity contribution in [1.29, 1.82) is 0 Å². The van der Waals surface area contributed by atoms with Crippen molar-refractivity contribution in [3.05, 3.63) is 23.9 Å². The van der Waals surface area contributed by atoms with Crippen LogP contribution in [0.1, 0.15) is 12.0 Å². The lowest BCUT2D eigenvalue weighted by Crippen LogP contribution is -2.23. The zero-order valence-corrected chi connectivity index (χ0v) is 8.61. The smallest absolute Gasteiger partial charge is 0.128 e. The Balaban J connectivity index is 2.09. The molecule has 1 fully saturated rings. The van der Waals surface area contributed by atoms with Gasteiger partial charge in [0.15, 0.2) is 0 Å². The van der Waals surface area contributed by atoms with Gasteiger partial charge in [-0.2, -0.15) is 0 Å². The highest BCUT2D eigenvalue weighted by Crippen LogP contribution is 2.21. The Labute approximate surface area is 84.9 Å². The molecular formula is C11H17N3. The monoisotopic (exact) mass is 191 g/mol. The zero-order chi connectivity index (χ0) is 9.97. The van der Waals surface area contributed by atoms with E-state index in [-0.39, 0.29) is 0 Å². The Hall–Kier alpha value is -1.09. The Morgan fingerprint density at radius 2 is 2.50 bits per heavy atom. The van der Waals surface area contributed by atoms with Crippen molar-refractivity contribution in [3.8, 4) is 0 Å². The summed E-state index contributed by atoms with van der Waals surface area (Å²) in [5.74, 6) is 1.75. The largest absolute Gasteiger partial charge is 0.356 e. The maximum absolute atomic E-state index is 5.66. The summed E-state index contributed by atoms with van der Waals surface area (Å²) in [5, 5.41) is 0. The molecule has 0 bridgehead atoms. The van der Waals surface area contributed by atoms with Gasteiger partial charge in [0.2, 0.25) is 0 Å². The molecule has 1 aromatic rings. The first kappa shape index (κ1) is 9.46. The standard InChI is InChI=1S/C11H17N3/c1-9-2-4-13-11(6-9)14-5-3-10(7-12)8-14/h2,4,6,10H,3,5,7-8,12H2,1H3. The normalized spacial score (nSPS) is 21.6. The van der Waals surface area contributed by atoms with Gasteiger partial charge in [0.25, 0.3) is 0 Å². The molecule has 1 aliphatic rings. The molecule has 0 amide bonds. The molecule has 1 aliphatic heterocycles. The number of pyridine rings is 1. The fourth-order valence-corrected chi connectivity index (χ4v) is 1.93. The van der Waals surface area contributed by atoms with Crippen LogP contribution in [0.25, 0.3) is 0 Å². The number of aromatic nitrogens is 1. The van der Waals surface area contributed by atoms with E-state index in [4.69, 9.17) is 5.73 Å². The molecule has 0 aromatic carbocycles. The molecule has 0 aliphatic carbocycles. The predicted molar refractivity (Wildman–Crippen MR) is 58.3 cm³/mol. The summed E-state index contributed by atoms with van der Waals surface area (Å²) in [4.78, 5) is 6.70. The van der Waals surface area contributed by atoms with Crippen LogP contribution in [-0.2, 0) is 0 Å². The molecule has 1 aromatic heterocycles. The average Bonchev–Trinajstić information content (AvgIpc) is 2.66. The van der Waals surface area contributed by atoms with E-state index in [0.29, 0.717) is 5.92 Å². The van der Waals surface area contributed by atoms with E-state index in [9.17, 15) is 0 Å². The van der Waals surface area contributed by atoms with Gasteiger partial charge in [-0.1, -0.05) is 0 Å². The van der Waals surface area contributed by atoms with Gasteiger partial charge in [-0.15, -0.1) is 0 Å².